The number of hydrogen-bond donors (Lipinski definition) is 1. The molecule has 0 aliphatic heterocycles. The second-order valence-electron chi connectivity index (χ2n) is 6.66. The third kappa shape index (κ3) is 4.70. The predicted molar refractivity (Wildman–Crippen MR) is 103 cm³/mol. The van der Waals surface area contributed by atoms with Crippen molar-refractivity contribution in [2.24, 2.45) is 0 Å². The first-order valence-corrected chi connectivity index (χ1v) is 9.07. The van der Waals surface area contributed by atoms with Crippen LogP contribution >= 0.6 is 0 Å². The van der Waals surface area contributed by atoms with Crippen LogP contribution in [0.15, 0.2) is 30.6 Å². The van der Waals surface area contributed by atoms with Crippen LogP contribution in [0.1, 0.15) is 34.5 Å². The highest BCUT2D eigenvalue weighted by Gasteiger charge is 2.14. The summed E-state index contributed by atoms with van der Waals surface area (Å²) < 4.78 is 6.72. The Morgan fingerprint density at radius 2 is 1.89 bits per heavy atom. The molecule has 0 aliphatic carbocycles. The van der Waals surface area contributed by atoms with E-state index in [2.05, 4.69) is 20.4 Å². The van der Waals surface area contributed by atoms with Crippen molar-refractivity contribution in [1.82, 2.24) is 24.9 Å². The zero-order valence-electron chi connectivity index (χ0n) is 16.2. The number of carbonyl (C=O) groups is 2. The normalized spacial score (nSPS) is 10.8. The molecule has 0 saturated carbocycles. The van der Waals surface area contributed by atoms with Gasteiger partial charge in [0.15, 0.2) is 6.61 Å². The number of aryl methyl sites for hydroxylation is 3. The molecule has 1 N–H and O–H groups in total. The molecule has 2 heterocycles. The highest BCUT2D eigenvalue weighted by atomic mass is 16.5. The van der Waals surface area contributed by atoms with Gasteiger partial charge in [0.1, 0.15) is 6.33 Å². The number of amides is 1. The topological polar surface area (TPSA) is 98.5 Å². The zero-order valence-corrected chi connectivity index (χ0v) is 16.2. The van der Waals surface area contributed by atoms with Gasteiger partial charge in [-0.1, -0.05) is 29.8 Å². The third-order valence-electron chi connectivity index (χ3n) is 4.54. The van der Waals surface area contributed by atoms with Gasteiger partial charge < -0.3 is 10.1 Å². The maximum absolute atomic E-state index is 12.0. The summed E-state index contributed by atoms with van der Waals surface area (Å²) in [6.07, 6.45) is 2.07. The number of nitrogens with one attached hydrogen (secondary N) is 1. The Balaban J connectivity index is 1.45. The van der Waals surface area contributed by atoms with Gasteiger partial charge in [-0.3, -0.25) is 9.59 Å². The van der Waals surface area contributed by atoms with Gasteiger partial charge in [-0.15, -0.1) is 0 Å². The van der Waals surface area contributed by atoms with Crippen molar-refractivity contribution in [3.63, 3.8) is 0 Å². The number of fused-ring (bicyclic) bond motifs is 1. The van der Waals surface area contributed by atoms with Gasteiger partial charge in [-0.25, -0.2) is 9.50 Å². The number of ether oxygens (including phenoxy) is 1. The minimum absolute atomic E-state index is 0.162. The van der Waals surface area contributed by atoms with Crippen molar-refractivity contribution in [2.75, 3.05) is 6.61 Å². The van der Waals surface area contributed by atoms with Gasteiger partial charge in [-0.05, 0) is 38.3 Å². The molecule has 0 radical (unpaired) electrons. The molecule has 0 atom stereocenters. The van der Waals surface area contributed by atoms with E-state index in [0.717, 1.165) is 28.1 Å². The highest BCUT2D eigenvalue weighted by molar-refractivity contribution is 5.80. The number of rotatable bonds is 7. The minimum atomic E-state index is -0.428. The lowest BCUT2D eigenvalue weighted by Crippen LogP contribution is -2.28. The molecule has 8 heteroatoms. The third-order valence-corrected chi connectivity index (χ3v) is 4.54. The fourth-order valence-electron chi connectivity index (χ4n) is 2.92. The molecule has 0 saturated heterocycles. The molecule has 3 rings (SSSR count). The smallest absolute Gasteiger partial charge is 0.306 e. The second-order valence-corrected chi connectivity index (χ2v) is 6.66. The summed E-state index contributed by atoms with van der Waals surface area (Å²) in [4.78, 5) is 32.3. The zero-order chi connectivity index (χ0) is 20.1. The van der Waals surface area contributed by atoms with Crippen LogP contribution in [0.2, 0.25) is 0 Å². The quantitative estimate of drug-likeness (QED) is 0.627. The van der Waals surface area contributed by atoms with Gasteiger partial charge in [0.05, 0.1) is 0 Å². The Morgan fingerprint density at radius 3 is 2.64 bits per heavy atom. The molecular weight excluding hydrogens is 358 g/mol. The number of hydrogen-bond acceptors (Lipinski definition) is 6. The molecule has 0 aliphatic rings. The number of esters is 1. The average Bonchev–Trinajstić information content (AvgIpc) is 3.14. The van der Waals surface area contributed by atoms with Crippen LogP contribution < -0.4 is 5.32 Å². The SMILES string of the molecule is Cc1ccc(CNC(=O)COC(=O)CCc2c(C)nc3ncnn3c2C)cc1. The molecule has 0 unspecified atom stereocenters. The minimum Gasteiger partial charge on any atom is -0.456 e. The van der Waals surface area contributed by atoms with Crippen molar-refractivity contribution in [3.8, 4) is 0 Å². The molecule has 0 bridgehead atoms. The van der Waals surface area contributed by atoms with Crippen LogP contribution in [0.3, 0.4) is 0 Å². The summed E-state index contributed by atoms with van der Waals surface area (Å²) in [7, 11) is 0. The maximum Gasteiger partial charge on any atom is 0.306 e. The molecule has 8 nitrogen and oxygen atoms in total. The molecule has 0 fully saturated rings. The van der Waals surface area contributed by atoms with Crippen molar-refractivity contribution in [2.45, 2.75) is 40.2 Å². The molecule has 1 aromatic carbocycles. The largest absolute Gasteiger partial charge is 0.456 e. The first kappa shape index (κ1) is 19.5. The number of nitrogens with zero attached hydrogens (tertiary/aromatic N) is 4. The van der Waals surface area contributed by atoms with Crippen molar-refractivity contribution >= 4 is 17.7 Å². The van der Waals surface area contributed by atoms with E-state index < -0.39 is 5.97 Å². The van der Waals surface area contributed by atoms with E-state index in [1.807, 2.05) is 45.0 Å². The van der Waals surface area contributed by atoms with Gasteiger partial charge in [0.2, 0.25) is 0 Å². The van der Waals surface area contributed by atoms with Crippen LogP contribution in [0.5, 0.6) is 0 Å². The first-order chi connectivity index (χ1) is 13.4. The number of aromatic nitrogens is 4. The predicted octanol–water partition coefficient (Wildman–Crippen LogP) is 1.84. The molecule has 1 amide bonds. The summed E-state index contributed by atoms with van der Waals surface area (Å²) in [5.74, 6) is -0.221. The first-order valence-electron chi connectivity index (χ1n) is 9.07. The van der Waals surface area contributed by atoms with Crippen molar-refractivity contribution < 1.29 is 14.3 Å². The number of benzene rings is 1. The van der Waals surface area contributed by atoms with Crippen molar-refractivity contribution in [1.29, 1.82) is 0 Å². The van der Waals surface area contributed by atoms with E-state index in [9.17, 15) is 9.59 Å². The molecule has 2 aromatic heterocycles. The van der Waals surface area contributed by atoms with E-state index in [0.29, 0.717) is 18.7 Å². The molecule has 0 spiro atoms. The molecule has 28 heavy (non-hydrogen) atoms. The van der Waals surface area contributed by atoms with Gasteiger partial charge in [0.25, 0.3) is 11.7 Å². The Bertz CT molecular complexity index is 995. The maximum atomic E-state index is 12.0. The van der Waals surface area contributed by atoms with Crippen LogP contribution in [0, 0.1) is 20.8 Å². The van der Waals surface area contributed by atoms with Crippen LogP contribution in [-0.4, -0.2) is 38.1 Å². The van der Waals surface area contributed by atoms with E-state index in [1.165, 1.54) is 6.33 Å². The summed E-state index contributed by atoms with van der Waals surface area (Å²) in [6, 6.07) is 7.87. The summed E-state index contributed by atoms with van der Waals surface area (Å²) in [5.41, 5.74) is 4.78. The van der Waals surface area contributed by atoms with Crippen LogP contribution in [0.25, 0.3) is 5.78 Å². The van der Waals surface area contributed by atoms with Crippen LogP contribution in [0.4, 0.5) is 0 Å². The highest BCUT2D eigenvalue weighted by Crippen LogP contribution is 2.15. The Hall–Kier alpha value is -3.29. The lowest BCUT2D eigenvalue weighted by molar-refractivity contribution is -0.148. The van der Waals surface area contributed by atoms with E-state index in [-0.39, 0.29) is 18.9 Å². The lowest BCUT2D eigenvalue weighted by atomic mass is 10.1. The molecule has 146 valence electrons. The summed E-state index contributed by atoms with van der Waals surface area (Å²) in [6.45, 7) is 5.91. The fraction of sp³-hybridized carbons (Fsp3) is 0.350. The van der Waals surface area contributed by atoms with Gasteiger partial charge in [-0.2, -0.15) is 10.1 Å². The molecular formula is C20H23N5O3. The Morgan fingerprint density at radius 1 is 1.14 bits per heavy atom. The monoisotopic (exact) mass is 381 g/mol. The van der Waals surface area contributed by atoms with E-state index in [1.54, 1.807) is 4.52 Å². The molecule has 3 aromatic rings. The van der Waals surface area contributed by atoms with E-state index in [4.69, 9.17) is 4.74 Å². The number of carbonyl (C=O) groups excluding carboxylic acids is 2. The van der Waals surface area contributed by atoms with Crippen molar-refractivity contribution in [3.05, 3.63) is 58.7 Å². The van der Waals surface area contributed by atoms with E-state index >= 15 is 0 Å². The van der Waals surface area contributed by atoms with Gasteiger partial charge >= 0.3 is 5.97 Å². The van der Waals surface area contributed by atoms with Gasteiger partial charge in [0, 0.05) is 24.4 Å². The fourth-order valence-corrected chi connectivity index (χ4v) is 2.92. The van der Waals surface area contributed by atoms with Crippen LogP contribution in [-0.2, 0) is 27.3 Å². The average molecular weight is 381 g/mol. The Kier molecular flexibility index (Phi) is 5.98. The standard InChI is InChI=1S/C20H23N5O3/c1-13-4-6-16(7-5-13)10-21-18(26)11-28-19(27)9-8-17-14(2)24-20-22-12-23-25(20)15(17)3/h4-7,12H,8-11H2,1-3H3,(H,21,26). The summed E-state index contributed by atoms with van der Waals surface area (Å²) in [5, 5.41) is 6.87. The second kappa shape index (κ2) is 8.60. The summed E-state index contributed by atoms with van der Waals surface area (Å²) >= 11 is 0. The lowest BCUT2D eigenvalue weighted by Gasteiger charge is -2.10. The Labute approximate surface area is 163 Å².